The summed E-state index contributed by atoms with van der Waals surface area (Å²) in [6.07, 6.45) is 1.36. The molecule has 1 rings (SSSR count). The predicted molar refractivity (Wildman–Crippen MR) is 80.5 cm³/mol. The van der Waals surface area contributed by atoms with Crippen molar-refractivity contribution in [1.82, 2.24) is 9.88 Å². The number of aliphatic hydroxyl groups excluding tert-OH is 1. The van der Waals surface area contributed by atoms with Crippen molar-refractivity contribution in [3.05, 3.63) is 24.0 Å². The van der Waals surface area contributed by atoms with Crippen molar-refractivity contribution in [2.75, 3.05) is 38.6 Å². The predicted octanol–water partition coefficient (Wildman–Crippen LogP) is 2.16. The molecular formula is C15H27N3O. The summed E-state index contributed by atoms with van der Waals surface area (Å²) >= 11 is 0. The fourth-order valence-corrected chi connectivity index (χ4v) is 1.92. The van der Waals surface area contributed by atoms with Gasteiger partial charge >= 0.3 is 0 Å². The van der Waals surface area contributed by atoms with Gasteiger partial charge in [-0.1, -0.05) is 13.8 Å². The zero-order valence-electron chi connectivity index (χ0n) is 12.8. The molecule has 1 N–H and O–H groups in total. The van der Waals surface area contributed by atoms with Gasteiger partial charge in [0.05, 0.1) is 23.7 Å². The third-order valence-electron chi connectivity index (χ3n) is 2.97. The lowest BCUT2D eigenvalue weighted by molar-refractivity contribution is 0.194. The third kappa shape index (κ3) is 5.57. The summed E-state index contributed by atoms with van der Waals surface area (Å²) in [7, 11) is 4.17. The second-order valence-corrected chi connectivity index (χ2v) is 5.76. The van der Waals surface area contributed by atoms with Crippen LogP contribution in [0.5, 0.6) is 0 Å². The molecule has 108 valence electrons. The molecule has 0 fully saturated rings. The van der Waals surface area contributed by atoms with Crippen LogP contribution in [0.4, 0.5) is 5.69 Å². The number of rotatable bonds is 7. The van der Waals surface area contributed by atoms with Gasteiger partial charge < -0.3 is 14.9 Å². The van der Waals surface area contributed by atoms with Crippen molar-refractivity contribution in [2.24, 2.45) is 5.92 Å². The quantitative estimate of drug-likeness (QED) is 0.820. The van der Waals surface area contributed by atoms with Crippen LogP contribution in [0, 0.1) is 5.92 Å². The molecule has 4 nitrogen and oxygen atoms in total. The molecule has 0 aliphatic heterocycles. The lowest BCUT2D eigenvalue weighted by Gasteiger charge is -2.28. The Morgan fingerprint density at radius 3 is 2.26 bits per heavy atom. The Morgan fingerprint density at radius 2 is 1.84 bits per heavy atom. The van der Waals surface area contributed by atoms with Crippen LogP contribution in [-0.2, 0) is 0 Å². The minimum atomic E-state index is -0.505. The van der Waals surface area contributed by atoms with Crippen LogP contribution >= 0.6 is 0 Å². The maximum Gasteiger partial charge on any atom is 0.0931 e. The van der Waals surface area contributed by atoms with E-state index in [1.54, 1.807) is 6.92 Å². The number of anilines is 1. The van der Waals surface area contributed by atoms with Crippen LogP contribution in [0.1, 0.15) is 32.6 Å². The van der Waals surface area contributed by atoms with Crippen molar-refractivity contribution in [3.63, 3.8) is 0 Å². The van der Waals surface area contributed by atoms with E-state index in [9.17, 15) is 5.11 Å². The van der Waals surface area contributed by atoms with Crippen molar-refractivity contribution >= 4 is 5.69 Å². The van der Waals surface area contributed by atoms with Gasteiger partial charge in [-0.3, -0.25) is 4.98 Å². The van der Waals surface area contributed by atoms with Crippen molar-refractivity contribution in [2.45, 2.75) is 26.9 Å². The monoisotopic (exact) mass is 265 g/mol. The van der Waals surface area contributed by atoms with E-state index in [-0.39, 0.29) is 0 Å². The summed E-state index contributed by atoms with van der Waals surface area (Å²) < 4.78 is 0. The highest BCUT2D eigenvalue weighted by Crippen LogP contribution is 2.17. The second kappa shape index (κ2) is 7.46. The molecule has 0 saturated heterocycles. The molecule has 0 aliphatic carbocycles. The van der Waals surface area contributed by atoms with Gasteiger partial charge in [-0.2, -0.15) is 0 Å². The molecule has 19 heavy (non-hydrogen) atoms. The molecule has 1 heterocycles. The van der Waals surface area contributed by atoms with Crippen LogP contribution in [0.3, 0.4) is 0 Å². The number of hydrogen-bond donors (Lipinski definition) is 1. The van der Waals surface area contributed by atoms with Crippen LogP contribution in [0.25, 0.3) is 0 Å². The molecule has 0 aromatic carbocycles. The maximum atomic E-state index is 9.49. The Morgan fingerprint density at radius 1 is 1.16 bits per heavy atom. The highest BCUT2D eigenvalue weighted by Gasteiger charge is 2.10. The van der Waals surface area contributed by atoms with Gasteiger partial charge in [0.2, 0.25) is 0 Å². The Labute approximate surface area is 117 Å². The highest BCUT2D eigenvalue weighted by atomic mass is 16.3. The van der Waals surface area contributed by atoms with E-state index < -0.39 is 6.10 Å². The molecule has 1 aromatic rings. The minimum absolute atomic E-state index is 0.505. The molecular weight excluding hydrogens is 238 g/mol. The summed E-state index contributed by atoms with van der Waals surface area (Å²) in [5.41, 5.74) is 1.85. The standard InChI is InChI=1S/C15H27N3O/c1-12(2)11-18(9-8-17(4)5)14-6-7-15(13(3)19)16-10-14/h6-7,10,12-13,19H,8-9,11H2,1-5H3/t13-/m0/s1. The number of pyridine rings is 1. The molecule has 0 amide bonds. The van der Waals surface area contributed by atoms with E-state index >= 15 is 0 Å². The average Bonchev–Trinajstić information content (AvgIpc) is 2.34. The Bertz CT molecular complexity index is 360. The normalized spacial score (nSPS) is 13.1. The van der Waals surface area contributed by atoms with Gasteiger partial charge in [-0.15, -0.1) is 0 Å². The number of hydrogen-bond acceptors (Lipinski definition) is 4. The van der Waals surface area contributed by atoms with E-state index in [1.165, 1.54) is 0 Å². The molecule has 1 aromatic heterocycles. The Kier molecular flexibility index (Phi) is 6.25. The van der Waals surface area contributed by atoms with Gasteiger partial charge in [0.25, 0.3) is 0 Å². The first-order chi connectivity index (χ1) is 8.90. The van der Waals surface area contributed by atoms with Gasteiger partial charge in [0.15, 0.2) is 0 Å². The van der Waals surface area contributed by atoms with E-state index in [4.69, 9.17) is 0 Å². The molecule has 4 heteroatoms. The number of aromatic nitrogens is 1. The molecule has 0 bridgehead atoms. The SMILES string of the molecule is CC(C)CN(CCN(C)C)c1ccc([C@H](C)O)nc1. The second-order valence-electron chi connectivity index (χ2n) is 5.76. The Hall–Kier alpha value is -1.13. The molecule has 0 spiro atoms. The van der Waals surface area contributed by atoms with Crippen LogP contribution in [0.15, 0.2) is 18.3 Å². The zero-order chi connectivity index (χ0) is 14.4. The summed E-state index contributed by atoms with van der Waals surface area (Å²) in [4.78, 5) is 8.86. The maximum absolute atomic E-state index is 9.49. The number of nitrogens with zero attached hydrogens (tertiary/aromatic N) is 3. The smallest absolute Gasteiger partial charge is 0.0931 e. The Balaban J connectivity index is 2.77. The lowest BCUT2D eigenvalue weighted by atomic mass is 10.2. The van der Waals surface area contributed by atoms with Gasteiger partial charge in [0, 0.05) is 19.6 Å². The van der Waals surface area contributed by atoms with Crippen LogP contribution in [-0.4, -0.2) is 48.7 Å². The van der Waals surface area contributed by atoms with E-state index in [0.29, 0.717) is 5.92 Å². The van der Waals surface area contributed by atoms with Crippen molar-refractivity contribution in [3.8, 4) is 0 Å². The first kappa shape index (κ1) is 15.9. The van der Waals surface area contributed by atoms with E-state index in [2.05, 4.69) is 42.7 Å². The fourth-order valence-electron chi connectivity index (χ4n) is 1.92. The lowest BCUT2D eigenvalue weighted by Crippen LogP contribution is -2.34. The first-order valence-electron chi connectivity index (χ1n) is 6.94. The van der Waals surface area contributed by atoms with Crippen LogP contribution < -0.4 is 4.90 Å². The minimum Gasteiger partial charge on any atom is -0.387 e. The summed E-state index contributed by atoms with van der Waals surface area (Å²) in [5, 5.41) is 9.49. The van der Waals surface area contributed by atoms with Crippen molar-refractivity contribution < 1.29 is 5.11 Å². The van der Waals surface area contributed by atoms with E-state index in [0.717, 1.165) is 31.0 Å². The van der Waals surface area contributed by atoms with Gasteiger partial charge in [0.1, 0.15) is 0 Å². The first-order valence-corrected chi connectivity index (χ1v) is 6.94. The third-order valence-corrected chi connectivity index (χ3v) is 2.97. The average molecular weight is 265 g/mol. The molecule has 0 saturated carbocycles. The molecule has 0 aliphatic rings. The molecule has 0 unspecified atom stereocenters. The highest BCUT2D eigenvalue weighted by molar-refractivity contribution is 5.44. The van der Waals surface area contributed by atoms with Crippen molar-refractivity contribution in [1.29, 1.82) is 0 Å². The van der Waals surface area contributed by atoms with Gasteiger partial charge in [-0.25, -0.2) is 0 Å². The molecule has 0 radical (unpaired) electrons. The van der Waals surface area contributed by atoms with Gasteiger partial charge in [-0.05, 0) is 39.1 Å². The number of likely N-dealkylation sites (N-methyl/N-ethyl adjacent to an activating group) is 1. The largest absolute Gasteiger partial charge is 0.387 e. The van der Waals surface area contributed by atoms with Crippen LogP contribution in [0.2, 0.25) is 0 Å². The van der Waals surface area contributed by atoms with E-state index in [1.807, 2.05) is 18.3 Å². The topological polar surface area (TPSA) is 39.6 Å². The summed E-state index contributed by atoms with van der Waals surface area (Å²) in [6.45, 7) is 9.20. The number of aliphatic hydroxyl groups is 1. The fraction of sp³-hybridized carbons (Fsp3) is 0.667. The zero-order valence-corrected chi connectivity index (χ0v) is 12.8. The summed E-state index contributed by atoms with van der Waals surface area (Å²) in [6, 6.07) is 3.95. The molecule has 1 atom stereocenters. The summed E-state index contributed by atoms with van der Waals surface area (Å²) in [5.74, 6) is 0.610.